The van der Waals surface area contributed by atoms with Crippen molar-refractivity contribution in [2.75, 3.05) is 25.0 Å². The third-order valence-corrected chi connectivity index (χ3v) is 2.92. The van der Waals surface area contributed by atoms with Crippen LogP contribution in [0.4, 0.5) is 5.69 Å². The molecule has 0 aliphatic heterocycles. The van der Waals surface area contributed by atoms with Crippen LogP contribution >= 0.6 is 0 Å². The number of rotatable bonds is 9. The minimum Gasteiger partial charge on any atom is -0.368 e. The van der Waals surface area contributed by atoms with Gasteiger partial charge in [0.05, 0.1) is 17.9 Å². The monoisotopic (exact) mass is 305 g/mol. The quantitative estimate of drug-likeness (QED) is 0.473. The van der Waals surface area contributed by atoms with Gasteiger partial charge in [0.1, 0.15) is 6.10 Å². The SMILES string of the molecule is C=CCCOC(C)C(=O)Nc1ccccc1C(=O)NCCN. The first-order chi connectivity index (χ1) is 10.6. The molecule has 0 fully saturated rings. The molecule has 6 nitrogen and oxygen atoms in total. The normalized spacial score (nSPS) is 11.5. The molecule has 2 amide bonds. The first kappa shape index (κ1) is 17.9. The molecule has 0 bridgehead atoms. The molecule has 1 atom stereocenters. The third kappa shape index (κ3) is 5.67. The van der Waals surface area contributed by atoms with Crippen LogP contribution < -0.4 is 16.4 Å². The number of benzene rings is 1. The van der Waals surface area contributed by atoms with Gasteiger partial charge < -0.3 is 21.1 Å². The summed E-state index contributed by atoms with van der Waals surface area (Å²) in [4.78, 5) is 24.1. The van der Waals surface area contributed by atoms with E-state index >= 15 is 0 Å². The Morgan fingerprint density at radius 1 is 1.41 bits per heavy atom. The Labute approximate surface area is 130 Å². The van der Waals surface area contributed by atoms with Crippen LogP contribution in [0, 0.1) is 0 Å². The molecule has 1 unspecified atom stereocenters. The number of hydrogen-bond acceptors (Lipinski definition) is 4. The fourth-order valence-corrected chi connectivity index (χ4v) is 1.71. The van der Waals surface area contributed by atoms with Gasteiger partial charge in [-0.25, -0.2) is 0 Å². The second kappa shape index (κ2) is 9.70. The molecule has 0 saturated heterocycles. The van der Waals surface area contributed by atoms with E-state index in [9.17, 15) is 9.59 Å². The topological polar surface area (TPSA) is 93.4 Å². The van der Waals surface area contributed by atoms with Gasteiger partial charge in [-0.2, -0.15) is 0 Å². The van der Waals surface area contributed by atoms with Crippen molar-refractivity contribution < 1.29 is 14.3 Å². The maximum absolute atomic E-state index is 12.1. The van der Waals surface area contributed by atoms with Gasteiger partial charge in [-0.05, 0) is 25.5 Å². The van der Waals surface area contributed by atoms with Crippen molar-refractivity contribution in [1.29, 1.82) is 0 Å². The van der Waals surface area contributed by atoms with E-state index in [1.165, 1.54) is 0 Å². The van der Waals surface area contributed by atoms with Gasteiger partial charge >= 0.3 is 0 Å². The molecule has 6 heteroatoms. The number of anilines is 1. The molecule has 0 aliphatic carbocycles. The second-order valence-corrected chi connectivity index (χ2v) is 4.67. The zero-order valence-electron chi connectivity index (χ0n) is 12.8. The lowest BCUT2D eigenvalue weighted by Crippen LogP contribution is -2.32. The molecule has 0 spiro atoms. The van der Waals surface area contributed by atoms with Crippen LogP contribution in [0.3, 0.4) is 0 Å². The average molecular weight is 305 g/mol. The lowest BCUT2D eigenvalue weighted by Gasteiger charge is -2.15. The van der Waals surface area contributed by atoms with Crippen molar-refractivity contribution in [3.63, 3.8) is 0 Å². The number of hydrogen-bond donors (Lipinski definition) is 3. The number of nitrogens with two attached hydrogens (primary N) is 1. The Bertz CT molecular complexity index is 517. The van der Waals surface area contributed by atoms with Crippen LogP contribution in [0.5, 0.6) is 0 Å². The minimum absolute atomic E-state index is 0.276. The van der Waals surface area contributed by atoms with Crippen molar-refractivity contribution >= 4 is 17.5 Å². The second-order valence-electron chi connectivity index (χ2n) is 4.67. The van der Waals surface area contributed by atoms with Crippen LogP contribution in [0.2, 0.25) is 0 Å². The van der Waals surface area contributed by atoms with E-state index in [2.05, 4.69) is 17.2 Å². The van der Waals surface area contributed by atoms with Gasteiger partial charge in [0, 0.05) is 13.1 Å². The molecule has 1 rings (SSSR count). The molecule has 0 radical (unpaired) electrons. The van der Waals surface area contributed by atoms with Crippen LogP contribution in [-0.2, 0) is 9.53 Å². The van der Waals surface area contributed by atoms with Crippen molar-refractivity contribution in [3.8, 4) is 0 Å². The van der Waals surface area contributed by atoms with Gasteiger partial charge in [0.25, 0.3) is 11.8 Å². The summed E-state index contributed by atoms with van der Waals surface area (Å²) >= 11 is 0. The molecule has 0 heterocycles. The fraction of sp³-hybridized carbons (Fsp3) is 0.375. The van der Waals surface area contributed by atoms with E-state index in [-0.39, 0.29) is 11.8 Å². The van der Waals surface area contributed by atoms with Crippen molar-refractivity contribution in [2.45, 2.75) is 19.4 Å². The van der Waals surface area contributed by atoms with E-state index < -0.39 is 6.10 Å². The van der Waals surface area contributed by atoms with Crippen molar-refractivity contribution in [1.82, 2.24) is 5.32 Å². The van der Waals surface area contributed by atoms with E-state index in [4.69, 9.17) is 10.5 Å². The maximum Gasteiger partial charge on any atom is 0.253 e. The maximum atomic E-state index is 12.1. The van der Waals surface area contributed by atoms with E-state index in [0.717, 1.165) is 0 Å². The Hall–Kier alpha value is -2.18. The Morgan fingerprint density at radius 3 is 2.82 bits per heavy atom. The lowest BCUT2D eigenvalue weighted by atomic mass is 10.1. The van der Waals surface area contributed by atoms with Crippen LogP contribution in [-0.4, -0.2) is 37.6 Å². The highest BCUT2D eigenvalue weighted by Gasteiger charge is 2.17. The van der Waals surface area contributed by atoms with Gasteiger partial charge in [0.15, 0.2) is 0 Å². The van der Waals surface area contributed by atoms with Gasteiger partial charge in [0.2, 0.25) is 0 Å². The Balaban J connectivity index is 2.70. The third-order valence-electron chi connectivity index (χ3n) is 2.92. The number of para-hydroxylation sites is 1. The molecule has 1 aromatic rings. The molecule has 0 aromatic heterocycles. The summed E-state index contributed by atoms with van der Waals surface area (Å²) in [6.45, 7) is 6.41. The highest BCUT2D eigenvalue weighted by molar-refractivity contribution is 6.04. The van der Waals surface area contributed by atoms with Crippen LogP contribution in [0.25, 0.3) is 0 Å². The fourth-order valence-electron chi connectivity index (χ4n) is 1.71. The number of ether oxygens (including phenoxy) is 1. The standard InChI is InChI=1S/C16H23N3O3/c1-3-4-11-22-12(2)15(20)19-14-8-6-5-7-13(14)16(21)18-10-9-17/h3,5-8,12H,1,4,9-11,17H2,2H3,(H,18,21)(H,19,20). The number of carbonyl (C=O) groups is 2. The summed E-state index contributed by atoms with van der Waals surface area (Å²) in [6, 6.07) is 6.80. The molecule has 0 saturated carbocycles. The van der Waals surface area contributed by atoms with Gasteiger partial charge in [-0.3, -0.25) is 9.59 Å². The molecular weight excluding hydrogens is 282 g/mol. The van der Waals surface area contributed by atoms with E-state index in [0.29, 0.717) is 37.4 Å². The van der Waals surface area contributed by atoms with Gasteiger partial charge in [-0.1, -0.05) is 18.2 Å². The van der Waals surface area contributed by atoms with E-state index in [1.807, 2.05) is 0 Å². The Kier molecular flexibility index (Phi) is 7.88. The highest BCUT2D eigenvalue weighted by Crippen LogP contribution is 2.15. The minimum atomic E-state index is -0.611. The van der Waals surface area contributed by atoms with Crippen molar-refractivity contribution in [3.05, 3.63) is 42.5 Å². The summed E-state index contributed by atoms with van der Waals surface area (Å²) in [5, 5.41) is 5.39. The summed E-state index contributed by atoms with van der Waals surface area (Å²) < 4.78 is 5.38. The molecule has 0 aliphatic rings. The van der Waals surface area contributed by atoms with Crippen LogP contribution in [0.15, 0.2) is 36.9 Å². The molecule has 22 heavy (non-hydrogen) atoms. The van der Waals surface area contributed by atoms with Crippen LogP contribution in [0.1, 0.15) is 23.7 Å². The largest absolute Gasteiger partial charge is 0.368 e. The molecule has 1 aromatic carbocycles. The summed E-state index contributed by atoms with van der Waals surface area (Å²) in [5.74, 6) is -0.579. The zero-order valence-corrected chi connectivity index (χ0v) is 12.8. The summed E-state index contributed by atoms with van der Waals surface area (Å²) in [5.41, 5.74) is 6.20. The lowest BCUT2D eigenvalue weighted by molar-refractivity contribution is -0.126. The van der Waals surface area contributed by atoms with Gasteiger partial charge in [-0.15, -0.1) is 6.58 Å². The number of amides is 2. The van der Waals surface area contributed by atoms with Crippen molar-refractivity contribution in [2.24, 2.45) is 5.73 Å². The number of carbonyl (C=O) groups excluding carboxylic acids is 2. The first-order valence-electron chi connectivity index (χ1n) is 7.20. The summed E-state index contributed by atoms with van der Waals surface area (Å²) in [7, 11) is 0. The Morgan fingerprint density at radius 2 is 2.14 bits per heavy atom. The first-order valence-corrected chi connectivity index (χ1v) is 7.20. The molecule has 120 valence electrons. The molecular formula is C16H23N3O3. The zero-order chi connectivity index (χ0) is 16.4. The predicted molar refractivity (Wildman–Crippen MR) is 86.7 cm³/mol. The highest BCUT2D eigenvalue weighted by atomic mass is 16.5. The predicted octanol–water partition coefficient (Wildman–Crippen LogP) is 1.29. The number of nitrogens with one attached hydrogen (secondary N) is 2. The summed E-state index contributed by atoms with van der Waals surface area (Å²) in [6.07, 6.45) is 1.79. The average Bonchev–Trinajstić information content (AvgIpc) is 2.53. The van der Waals surface area contributed by atoms with E-state index in [1.54, 1.807) is 37.3 Å². The smallest absolute Gasteiger partial charge is 0.253 e. The molecule has 4 N–H and O–H groups in total.